The third kappa shape index (κ3) is 5.10. The minimum Gasteiger partial charge on any atom is -0.473 e. The van der Waals surface area contributed by atoms with Gasteiger partial charge in [0.15, 0.2) is 5.52 Å². The zero-order valence-electron chi connectivity index (χ0n) is 20.3. The van der Waals surface area contributed by atoms with E-state index in [9.17, 15) is 8.42 Å². The van der Waals surface area contributed by atoms with Crippen LogP contribution < -0.4 is 9.64 Å². The van der Waals surface area contributed by atoms with E-state index < -0.39 is 10.0 Å². The summed E-state index contributed by atoms with van der Waals surface area (Å²) < 4.78 is 37.6. The summed E-state index contributed by atoms with van der Waals surface area (Å²) in [6.07, 6.45) is 6.43. The van der Waals surface area contributed by atoms with E-state index in [1.807, 2.05) is 13.0 Å². The van der Waals surface area contributed by atoms with Crippen molar-refractivity contribution >= 4 is 26.7 Å². The molecule has 9 nitrogen and oxygen atoms in total. The first-order valence-corrected chi connectivity index (χ1v) is 13.8. The molecule has 186 valence electrons. The Bertz CT molecular complexity index is 1330. The van der Waals surface area contributed by atoms with Gasteiger partial charge in [-0.25, -0.2) is 18.4 Å². The predicted octanol–water partition coefficient (Wildman–Crippen LogP) is 2.75. The highest BCUT2D eigenvalue weighted by Gasteiger charge is 2.29. The molecule has 1 fully saturated rings. The summed E-state index contributed by atoms with van der Waals surface area (Å²) in [5, 5.41) is 0. The Balaban J connectivity index is 1.42. The molecular formula is C25H31N5O4S. The number of hydrogen-bond acceptors (Lipinski definition) is 8. The van der Waals surface area contributed by atoms with E-state index in [0.29, 0.717) is 36.6 Å². The van der Waals surface area contributed by atoms with Crippen molar-refractivity contribution in [3.8, 4) is 17.1 Å². The van der Waals surface area contributed by atoms with E-state index in [2.05, 4.69) is 40.1 Å². The summed E-state index contributed by atoms with van der Waals surface area (Å²) in [4.78, 5) is 16.1. The van der Waals surface area contributed by atoms with Crippen LogP contribution in [0.15, 0.2) is 36.7 Å². The fourth-order valence-corrected chi connectivity index (χ4v) is 5.72. The SMILES string of the molecule is CC1CN(S(C)(=O)=O)CCO[C@@H]1COc1nc(-c2ccc3c(c2)CCCN3C)cc2nccnc12. The number of benzene rings is 1. The van der Waals surface area contributed by atoms with Crippen LogP contribution in [0.25, 0.3) is 22.3 Å². The lowest BCUT2D eigenvalue weighted by atomic mass is 9.98. The Morgan fingerprint density at radius 2 is 2.00 bits per heavy atom. The number of nitrogens with zero attached hydrogens (tertiary/aromatic N) is 5. The fraction of sp³-hybridized carbons (Fsp3) is 0.480. The predicted molar refractivity (Wildman–Crippen MR) is 135 cm³/mol. The molecule has 0 aliphatic carbocycles. The zero-order chi connectivity index (χ0) is 24.6. The second-order valence-electron chi connectivity index (χ2n) is 9.42. The van der Waals surface area contributed by atoms with Crippen LogP contribution in [0.5, 0.6) is 5.88 Å². The largest absolute Gasteiger partial charge is 0.473 e. The van der Waals surface area contributed by atoms with Gasteiger partial charge in [0.2, 0.25) is 15.9 Å². The van der Waals surface area contributed by atoms with E-state index in [4.69, 9.17) is 14.5 Å². The highest BCUT2D eigenvalue weighted by molar-refractivity contribution is 7.88. The van der Waals surface area contributed by atoms with Gasteiger partial charge in [0.05, 0.1) is 30.2 Å². The Hall–Kier alpha value is -2.82. The number of aromatic nitrogens is 3. The number of hydrogen-bond donors (Lipinski definition) is 0. The third-order valence-electron chi connectivity index (χ3n) is 6.80. The molecule has 35 heavy (non-hydrogen) atoms. The summed E-state index contributed by atoms with van der Waals surface area (Å²) in [6.45, 7) is 4.35. The summed E-state index contributed by atoms with van der Waals surface area (Å²) in [5.41, 5.74) is 5.67. The molecule has 2 atom stereocenters. The second-order valence-corrected chi connectivity index (χ2v) is 11.4. The third-order valence-corrected chi connectivity index (χ3v) is 8.07. The topological polar surface area (TPSA) is 97.8 Å². The maximum absolute atomic E-state index is 12.0. The number of aryl methyl sites for hydroxylation is 1. The van der Waals surface area contributed by atoms with E-state index in [1.165, 1.54) is 21.8 Å². The molecule has 0 spiro atoms. The molecule has 1 unspecified atom stereocenters. The van der Waals surface area contributed by atoms with Gasteiger partial charge in [-0.15, -0.1) is 0 Å². The molecule has 3 aromatic rings. The highest BCUT2D eigenvalue weighted by Crippen LogP contribution is 2.33. The van der Waals surface area contributed by atoms with Gasteiger partial charge < -0.3 is 14.4 Å². The molecule has 0 bridgehead atoms. The first kappa shape index (κ1) is 23.9. The van der Waals surface area contributed by atoms with Gasteiger partial charge in [0.1, 0.15) is 6.61 Å². The molecule has 2 aliphatic rings. The van der Waals surface area contributed by atoms with Crippen LogP contribution in [0.4, 0.5) is 5.69 Å². The molecule has 1 aromatic carbocycles. The number of fused-ring (bicyclic) bond motifs is 2. The Kier molecular flexibility index (Phi) is 6.61. The van der Waals surface area contributed by atoms with Gasteiger partial charge in [0, 0.05) is 50.3 Å². The van der Waals surface area contributed by atoms with Crippen molar-refractivity contribution in [2.45, 2.75) is 25.9 Å². The van der Waals surface area contributed by atoms with E-state index >= 15 is 0 Å². The maximum atomic E-state index is 12.0. The monoisotopic (exact) mass is 497 g/mol. The quantitative estimate of drug-likeness (QED) is 0.531. The van der Waals surface area contributed by atoms with Crippen molar-refractivity contribution in [1.82, 2.24) is 19.3 Å². The number of sulfonamides is 1. The van der Waals surface area contributed by atoms with Crippen molar-refractivity contribution in [3.05, 3.63) is 42.2 Å². The molecule has 10 heteroatoms. The Labute approximate surface area is 206 Å². The van der Waals surface area contributed by atoms with E-state index in [0.717, 1.165) is 30.6 Å². The number of rotatable bonds is 5. The zero-order valence-corrected chi connectivity index (χ0v) is 21.2. The lowest BCUT2D eigenvalue weighted by Crippen LogP contribution is -2.36. The minimum absolute atomic E-state index is 0.0367. The normalized spacial score (nSPS) is 21.5. The second kappa shape index (κ2) is 9.67. The molecule has 0 saturated carbocycles. The maximum Gasteiger partial charge on any atom is 0.242 e. The van der Waals surface area contributed by atoms with E-state index in [1.54, 1.807) is 12.4 Å². The van der Waals surface area contributed by atoms with Crippen LogP contribution in [0.2, 0.25) is 0 Å². The van der Waals surface area contributed by atoms with Crippen LogP contribution >= 0.6 is 0 Å². The lowest BCUT2D eigenvalue weighted by Gasteiger charge is -2.27. The first-order valence-electron chi connectivity index (χ1n) is 12.0. The number of ether oxygens (including phenoxy) is 2. The number of pyridine rings is 1. The van der Waals surface area contributed by atoms with Gasteiger partial charge in [-0.05, 0) is 42.5 Å². The molecule has 2 aromatic heterocycles. The Morgan fingerprint density at radius 3 is 2.83 bits per heavy atom. The van der Waals surface area contributed by atoms with Crippen molar-refractivity contribution in [1.29, 1.82) is 0 Å². The molecule has 0 N–H and O–H groups in total. The highest BCUT2D eigenvalue weighted by atomic mass is 32.2. The van der Waals surface area contributed by atoms with Gasteiger partial charge in [0.25, 0.3) is 0 Å². The van der Waals surface area contributed by atoms with E-state index in [-0.39, 0.29) is 18.6 Å². The van der Waals surface area contributed by atoms with Gasteiger partial charge in [-0.3, -0.25) is 4.98 Å². The minimum atomic E-state index is -3.27. The van der Waals surface area contributed by atoms with Crippen LogP contribution in [0.1, 0.15) is 18.9 Å². The van der Waals surface area contributed by atoms with Crippen molar-refractivity contribution < 1.29 is 17.9 Å². The van der Waals surface area contributed by atoms with Crippen molar-refractivity contribution in [2.24, 2.45) is 5.92 Å². The van der Waals surface area contributed by atoms with Crippen LogP contribution in [0.3, 0.4) is 0 Å². The summed E-state index contributed by atoms with van der Waals surface area (Å²) >= 11 is 0. The van der Waals surface area contributed by atoms with Gasteiger partial charge >= 0.3 is 0 Å². The number of anilines is 1. The Morgan fingerprint density at radius 1 is 1.17 bits per heavy atom. The van der Waals surface area contributed by atoms with Gasteiger partial charge in [-0.2, -0.15) is 4.31 Å². The molecule has 1 saturated heterocycles. The summed E-state index contributed by atoms with van der Waals surface area (Å²) in [7, 11) is -1.14. The smallest absolute Gasteiger partial charge is 0.242 e. The average Bonchev–Trinajstić information content (AvgIpc) is 3.03. The summed E-state index contributed by atoms with van der Waals surface area (Å²) in [6, 6.07) is 8.39. The standard InChI is InChI=1S/C25H31N5O4S/c1-17-15-30(35(3,31)32)11-12-33-23(17)16-34-25-24-21(26-8-9-27-24)14-20(28-25)18-6-7-22-19(13-18)5-4-10-29(22)2/h6-9,13-14,17,23H,4-5,10-12,15-16H2,1-3H3/t17?,23-/m1/s1. The molecule has 0 amide bonds. The van der Waals surface area contributed by atoms with Crippen molar-refractivity contribution in [3.63, 3.8) is 0 Å². The average molecular weight is 498 g/mol. The van der Waals surface area contributed by atoms with Crippen LogP contribution in [-0.2, 0) is 21.2 Å². The molecular weight excluding hydrogens is 466 g/mol. The summed E-state index contributed by atoms with van der Waals surface area (Å²) in [5.74, 6) is 0.367. The molecule has 4 heterocycles. The molecule has 5 rings (SSSR count). The van der Waals surface area contributed by atoms with Crippen LogP contribution in [-0.4, -0.2) is 79.9 Å². The van der Waals surface area contributed by atoms with Crippen LogP contribution in [0, 0.1) is 5.92 Å². The lowest BCUT2D eigenvalue weighted by molar-refractivity contribution is 0.00374. The molecule has 2 aliphatic heterocycles. The van der Waals surface area contributed by atoms with Gasteiger partial charge in [-0.1, -0.05) is 13.0 Å². The fourth-order valence-electron chi connectivity index (χ4n) is 4.81. The van der Waals surface area contributed by atoms with Crippen molar-refractivity contribution in [2.75, 3.05) is 51.1 Å². The first-order chi connectivity index (χ1) is 16.8. The molecule has 0 radical (unpaired) electrons.